The van der Waals surface area contributed by atoms with E-state index in [1.54, 1.807) is 25.3 Å². The average Bonchev–Trinajstić information content (AvgIpc) is 2.70. The van der Waals surface area contributed by atoms with Crippen LogP contribution in [0, 0.1) is 0 Å². The Morgan fingerprint density at radius 2 is 1.52 bits per heavy atom. The minimum absolute atomic E-state index is 0.237. The van der Waals surface area contributed by atoms with Crippen molar-refractivity contribution in [2.45, 2.75) is 25.7 Å². The van der Waals surface area contributed by atoms with E-state index < -0.39 is 5.97 Å². The molecule has 1 saturated carbocycles. The van der Waals surface area contributed by atoms with Gasteiger partial charge in [0.1, 0.15) is 11.5 Å². The molecule has 4 nitrogen and oxygen atoms in total. The smallest absolute Gasteiger partial charge is 0.336 e. The van der Waals surface area contributed by atoms with Gasteiger partial charge in [0.2, 0.25) is 0 Å². The summed E-state index contributed by atoms with van der Waals surface area (Å²) in [6.07, 6.45) is 8.53. The number of hydrogen-bond acceptors (Lipinski definition) is 4. The van der Waals surface area contributed by atoms with Crippen molar-refractivity contribution in [3.05, 3.63) is 71.3 Å². The highest BCUT2D eigenvalue weighted by Gasteiger charge is 2.14. The molecule has 0 heterocycles. The summed E-state index contributed by atoms with van der Waals surface area (Å²) in [6.45, 7) is 0. The maximum absolute atomic E-state index is 12.0. The number of carbonyl (C=O) groups is 2. The maximum atomic E-state index is 12.0. The molecule has 0 amide bonds. The van der Waals surface area contributed by atoms with Gasteiger partial charge in [0.15, 0.2) is 5.78 Å². The molecule has 0 N–H and O–H groups in total. The van der Waals surface area contributed by atoms with E-state index in [1.165, 1.54) is 6.08 Å². The van der Waals surface area contributed by atoms with Crippen molar-refractivity contribution in [3.8, 4) is 11.5 Å². The van der Waals surface area contributed by atoms with Crippen molar-refractivity contribution < 1.29 is 19.1 Å². The summed E-state index contributed by atoms with van der Waals surface area (Å²) in [5.41, 5.74) is 2.70. The Morgan fingerprint density at radius 1 is 0.889 bits per heavy atom. The van der Waals surface area contributed by atoms with Crippen LogP contribution in [0.5, 0.6) is 11.5 Å². The second-order valence-electron chi connectivity index (χ2n) is 6.40. The molecule has 2 aromatic rings. The van der Waals surface area contributed by atoms with E-state index in [9.17, 15) is 9.59 Å². The topological polar surface area (TPSA) is 52.6 Å². The van der Waals surface area contributed by atoms with Crippen LogP contribution in [0.1, 0.15) is 36.8 Å². The number of rotatable bonds is 5. The molecule has 138 valence electrons. The zero-order valence-electron chi connectivity index (χ0n) is 15.3. The molecule has 0 spiro atoms. The highest BCUT2D eigenvalue weighted by Crippen LogP contribution is 2.23. The fourth-order valence-corrected chi connectivity index (χ4v) is 2.92. The third-order valence-corrected chi connectivity index (χ3v) is 4.43. The largest absolute Gasteiger partial charge is 0.497 e. The molecule has 0 radical (unpaired) electrons. The summed E-state index contributed by atoms with van der Waals surface area (Å²) in [5, 5.41) is 0. The normalized spacial score (nSPS) is 15.9. The second kappa shape index (κ2) is 8.99. The molecule has 0 saturated heterocycles. The van der Waals surface area contributed by atoms with Crippen molar-refractivity contribution >= 4 is 23.9 Å². The Morgan fingerprint density at radius 3 is 2.19 bits per heavy atom. The fraction of sp³-hybridized carbons (Fsp3) is 0.217. The van der Waals surface area contributed by atoms with Gasteiger partial charge in [-0.25, -0.2) is 4.79 Å². The number of Topliss-reactive ketones (excluding diaryl/α,β-unsaturated/α-hetero) is 1. The van der Waals surface area contributed by atoms with Crippen LogP contribution in [-0.2, 0) is 9.59 Å². The zero-order valence-corrected chi connectivity index (χ0v) is 15.3. The van der Waals surface area contributed by atoms with Crippen molar-refractivity contribution in [2.24, 2.45) is 0 Å². The molecule has 3 rings (SSSR count). The number of hydrogen-bond donors (Lipinski definition) is 0. The van der Waals surface area contributed by atoms with Crippen LogP contribution in [0.15, 0.2) is 60.2 Å². The molecule has 1 aliphatic carbocycles. The van der Waals surface area contributed by atoms with Crippen LogP contribution in [-0.4, -0.2) is 18.9 Å². The lowest BCUT2D eigenvalue weighted by Gasteiger charge is -2.12. The average molecular weight is 362 g/mol. The third kappa shape index (κ3) is 5.42. The van der Waals surface area contributed by atoms with Crippen LogP contribution in [0.2, 0.25) is 0 Å². The molecule has 0 atom stereocenters. The lowest BCUT2D eigenvalue weighted by Crippen LogP contribution is -2.08. The number of methoxy groups -OCH3 is 1. The van der Waals surface area contributed by atoms with Crippen molar-refractivity contribution in [1.82, 2.24) is 0 Å². The second-order valence-corrected chi connectivity index (χ2v) is 6.40. The Hall–Kier alpha value is -3.14. The first-order valence-corrected chi connectivity index (χ1v) is 9.02. The van der Waals surface area contributed by atoms with Crippen LogP contribution in [0.3, 0.4) is 0 Å². The van der Waals surface area contributed by atoms with Gasteiger partial charge in [0.25, 0.3) is 0 Å². The molecule has 0 aromatic heterocycles. The van der Waals surface area contributed by atoms with Gasteiger partial charge < -0.3 is 9.47 Å². The number of benzene rings is 2. The van der Waals surface area contributed by atoms with E-state index in [-0.39, 0.29) is 5.78 Å². The number of allylic oxidation sites excluding steroid dienone is 1. The van der Waals surface area contributed by atoms with Crippen molar-refractivity contribution in [2.75, 3.05) is 7.11 Å². The van der Waals surface area contributed by atoms with Gasteiger partial charge in [0, 0.05) is 12.5 Å². The minimum atomic E-state index is -0.445. The first-order valence-electron chi connectivity index (χ1n) is 9.02. The first kappa shape index (κ1) is 18.6. The summed E-state index contributed by atoms with van der Waals surface area (Å²) >= 11 is 0. The molecule has 0 bridgehead atoms. The summed E-state index contributed by atoms with van der Waals surface area (Å²) in [6, 6.07) is 14.5. The number of carbonyl (C=O) groups excluding carboxylic acids is 2. The van der Waals surface area contributed by atoms with Gasteiger partial charge in [-0.1, -0.05) is 24.3 Å². The van der Waals surface area contributed by atoms with Gasteiger partial charge >= 0.3 is 5.97 Å². The standard InChI is InChI=1S/C23H22O4/c1-26-20-11-6-17(7-12-20)10-15-23(25)27-21-13-8-18(9-14-21)16-19-4-2-3-5-22(19)24/h6-16H,2-5H2,1H3. The third-order valence-electron chi connectivity index (χ3n) is 4.43. The van der Waals surface area contributed by atoms with Crippen molar-refractivity contribution in [1.29, 1.82) is 0 Å². The molecular formula is C23H22O4. The minimum Gasteiger partial charge on any atom is -0.497 e. The van der Waals surface area contributed by atoms with Gasteiger partial charge in [0.05, 0.1) is 7.11 Å². The summed E-state index contributed by atoms with van der Waals surface area (Å²) in [7, 11) is 1.61. The Labute approximate surface area is 159 Å². The molecular weight excluding hydrogens is 340 g/mol. The van der Waals surface area contributed by atoms with Crippen LogP contribution >= 0.6 is 0 Å². The monoisotopic (exact) mass is 362 g/mol. The molecule has 2 aromatic carbocycles. The lowest BCUT2D eigenvalue weighted by atomic mass is 9.92. The molecule has 1 aliphatic rings. The number of ether oxygens (including phenoxy) is 2. The van der Waals surface area contributed by atoms with E-state index in [2.05, 4.69) is 0 Å². The van der Waals surface area contributed by atoms with Crippen LogP contribution < -0.4 is 9.47 Å². The van der Waals surface area contributed by atoms with E-state index >= 15 is 0 Å². The predicted molar refractivity (Wildman–Crippen MR) is 106 cm³/mol. The lowest BCUT2D eigenvalue weighted by molar-refractivity contribution is -0.128. The first-order chi connectivity index (χ1) is 13.1. The molecule has 0 aliphatic heterocycles. The maximum Gasteiger partial charge on any atom is 0.336 e. The summed E-state index contributed by atoms with van der Waals surface area (Å²) in [5.74, 6) is 1.02. The van der Waals surface area contributed by atoms with Gasteiger partial charge in [-0.05, 0) is 72.4 Å². The van der Waals surface area contributed by atoms with E-state index in [0.29, 0.717) is 12.2 Å². The molecule has 27 heavy (non-hydrogen) atoms. The van der Waals surface area contributed by atoms with Crippen molar-refractivity contribution in [3.63, 3.8) is 0 Å². The predicted octanol–water partition coefficient (Wildman–Crippen LogP) is 4.84. The van der Waals surface area contributed by atoms with E-state index in [4.69, 9.17) is 9.47 Å². The highest BCUT2D eigenvalue weighted by atomic mass is 16.5. The highest BCUT2D eigenvalue weighted by molar-refractivity contribution is 6.00. The quantitative estimate of drug-likeness (QED) is 0.434. The van der Waals surface area contributed by atoms with Gasteiger partial charge in [-0.15, -0.1) is 0 Å². The summed E-state index contributed by atoms with van der Waals surface area (Å²) in [4.78, 5) is 23.8. The van der Waals surface area contributed by atoms with Gasteiger partial charge in [-0.3, -0.25) is 4.79 Å². The zero-order chi connectivity index (χ0) is 19.1. The van der Waals surface area contributed by atoms with Crippen LogP contribution in [0.4, 0.5) is 0 Å². The summed E-state index contributed by atoms with van der Waals surface area (Å²) < 4.78 is 10.4. The fourth-order valence-electron chi connectivity index (χ4n) is 2.92. The molecule has 4 heteroatoms. The molecule has 1 fully saturated rings. The van der Waals surface area contributed by atoms with Crippen LogP contribution in [0.25, 0.3) is 12.2 Å². The Bertz CT molecular complexity index is 858. The van der Waals surface area contributed by atoms with E-state index in [1.807, 2.05) is 42.5 Å². The Balaban J connectivity index is 1.58. The van der Waals surface area contributed by atoms with Gasteiger partial charge in [-0.2, -0.15) is 0 Å². The Kier molecular flexibility index (Phi) is 6.21. The number of ketones is 1. The molecule has 0 unspecified atom stereocenters. The van der Waals surface area contributed by atoms with E-state index in [0.717, 1.165) is 41.7 Å². The SMILES string of the molecule is COc1ccc(C=CC(=O)Oc2ccc(C=C3CCCCC3=O)cc2)cc1. The number of esters is 1.